The highest BCUT2D eigenvalue weighted by Crippen LogP contribution is 2.23. The highest BCUT2D eigenvalue weighted by molar-refractivity contribution is 5.69. The largest absolute Gasteiger partial charge is 0.410 e. The standard InChI is InChI=1S/C9H12FN3O2.C7H5N/c1-2-12-13-6-4-3-5-7(8(6)10)15-9(11)14;8-6-7-4-2-1-3-5-7/h3-5,12-13H,2H2,1H3,(H2,11,14);1-5H. The van der Waals surface area contributed by atoms with Gasteiger partial charge in [-0.25, -0.2) is 14.6 Å². The number of nitrogens with two attached hydrogens (primary N) is 1. The van der Waals surface area contributed by atoms with Crippen molar-refractivity contribution in [3.8, 4) is 11.8 Å². The maximum absolute atomic E-state index is 13.5. The first-order chi connectivity index (χ1) is 11.1. The molecule has 0 atom stereocenters. The Balaban J connectivity index is 0.000000277. The lowest BCUT2D eigenvalue weighted by molar-refractivity contribution is 0.209. The van der Waals surface area contributed by atoms with Gasteiger partial charge in [-0.3, -0.25) is 0 Å². The number of nitriles is 1. The molecule has 120 valence electrons. The van der Waals surface area contributed by atoms with Gasteiger partial charge < -0.3 is 15.9 Å². The van der Waals surface area contributed by atoms with E-state index in [1.165, 1.54) is 12.1 Å². The second kappa shape index (κ2) is 9.76. The molecule has 0 bridgehead atoms. The summed E-state index contributed by atoms with van der Waals surface area (Å²) in [6.45, 7) is 2.48. The fourth-order valence-corrected chi connectivity index (χ4v) is 1.49. The molecule has 1 amide bonds. The Morgan fingerprint density at radius 3 is 2.48 bits per heavy atom. The van der Waals surface area contributed by atoms with E-state index in [0.29, 0.717) is 12.1 Å². The van der Waals surface area contributed by atoms with Crippen LogP contribution in [0.4, 0.5) is 14.9 Å². The van der Waals surface area contributed by atoms with Crippen LogP contribution in [-0.2, 0) is 0 Å². The molecule has 2 aromatic rings. The minimum absolute atomic E-state index is 0.190. The van der Waals surface area contributed by atoms with E-state index in [1.807, 2.05) is 31.2 Å². The van der Waals surface area contributed by atoms with Gasteiger partial charge in [-0.2, -0.15) is 5.26 Å². The number of hydrazine groups is 1. The molecule has 2 aromatic carbocycles. The molecule has 4 N–H and O–H groups in total. The Bertz CT molecular complexity index is 672. The zero-order chi connectivity index (χ0) is 17.1. The topological polar surface area (TPSA) is 100 Å². The third-order valence-electron chi connectivity index (χ3n) is 2.48. The summed E-state index contributed by atoms with van der Waals surface area (Å²) in [6, 6.07) is 15.5. The normalized spacial score (nSPS) is 9.09. The number of carbonyl (C=O) groups excluding carboxylic acids is 1. The van der Waals surface area contributed by atoms with E-state index in [4.69, 9.17) is 11.0 Å². The predicted molar refractivity (Wildman–Crippen MR) is 85.1 cm³/mol. The lowest BCUT2D eigenvalue weighted by atomic mass is 10.2. The number of primary amides is 1. The number of hydrogen-bond acceptors (Lipinski definition) is 5. The van der Waals surface area contributed by atoms with Crippen LogP contribution in [0.5, 0.6) is 5.75 Å². The number of carbonyl (C=O) groups is 1. The molecule has 0 saturated heterocycles. The quantitative estimate of drug-likeness (QED) is 0.753. The van der Waals surface area contributed by atoms with Crippen LogP contribution in [0.2, 0.25) is 0 Å². The summed E-state index contributed by atoms with van der Waals surface area (Å²) in [4.78, 5) is 10.4. The van der Waals surface area contributed by atoms with Crippen LogP contribution < -0.4 is 21.3 Å². The van der Waals surface area contributed by atoms with Gasteiger partial charge >= 0.3 is 6.09 Å². The maximum Gasteiger partial charge on any atom is 0.410 e. The molecule has 0 unspecified atom stereocenters. The van der Waals surface area contributed by atoms with Crippen molar-refractivity contribution < 1.29 is 13.9 Å². The number of rotatable bonds is 4. The first-order valence-corrected chi connectivity index (χ1v) is 6.78. The summed E-state index contributed by atoms with van der Waals surface area (Å²) < 4.78 is 18.0. The van der Waals surface area contributed by atoms with E-state index in [2.05, 4.69) is 15.6 Å². The molecule has 0 spiro atoms. The average molecular weight is 316 g/mol. The summed E-state index contributed by atoms with van der Waals surface area (Å²) in [6.07, 6.45) is -1.05. The van der Waals surface area contributed by atoms with Crippen molar-refractivity contribution in [1.29, 1.82) is 5.26 Å². The minimum atomic E-state index is -1.05. The zero-order valence-electron chi connectivity index (χ0n) is 12.5. The van der Waals surface area contributed by atoms with Gasteiger partial charge in [-0.05, 0) is 24.3 Å². The third-order valence-corrected chi connectivity index (χ3v) is 2.48. The Labute approximate surface area is 133 Å². The van der Waals surface area contributed by atoms with Crippen LogP contribution in [0.25, 0.3) is 0 Å². The predicted octanol–water partition coefficient (Wildman–Crippen LogP) is 2.78. The van der Waals surface area contributed by atoms with Crippen molar-refractivity contribution in [3.63, 3.8) is 0 Å². The van der Waals surface area contributed by atoms with Gasteiger partial charge in [-0.1, -0.05) is 31.2 Å². The maximum atomic E-state index is 13.5. The number of anilines is 1. The molecule has 0 saturated carbocycles. The third kappa shape index (κ3) is 6.46. The van der Waals surface area contributed by atoms with E-state index in [1.54, 1.807) is 18.2 Å². The lowest BCUT2D eigenvalue weighted by Gasteiger charge is -2.09. The molecule has 0 aliphatic heterocycles. The van der Waals surface area contributed by atoms with Crippen LogP contribution in [0, 0.1) is 17.1 Å². The van der Waals surface area contributed by atoms with E-state index in [9.17, 15) is 9.18 Å². The van der Waals surface area contributed by atoms with Crippen LogP contribution >= 0.6 is 0 Å². The Morgan fingerprint density at radius 2 is 1.96 bits per heavy atom. The number of amides is 1. The minimum Gasteiger partial charge on any atom is -0.407 e. The van der Waals surface area contributed by atoms with Crippen LogP contribution in [0.3, 0.4) is 0 Å². The number of benzene rings is 2. The first kappa shape index (κ1) is 17.9. The fourth-order valence-electron chi connectivity index (χ4n) is 1.49. The SMILES string of the molecule is CCNNc1cccc(OC(N)=O)c1F.N#Cc1ccccc1. The Hall–Kier alpha value is -3.11. The first-order valence-electron chi connectivity index (χ1n) is 6.78. The summed E-state index contributed by atoms with van der Waals surface area (Å²) in [5.74, 6) is -0.873. The molecule has 0 radical (unpaired) electrons. The van der Waals surface area contributed by atoms with Crippen molar-refractivity contribution in [1.82, 2.24) is 5.43 Å². The molecule has 0 aliphatic rings. The monoisotopic (exact) mass is 316 g/mol. The molecule has 0 aliphatic carbocycles. The molecular formula is C16H17FN4O2. The summed E-state index contributed by atoms with van der Waals surface area (Å²) in [7, 11) is 0. The van der Waals surface area contributed by atoms with Gasteiger partial charge in [0, 0.05) is 6.54 Å². The number of ether oxygens (including phenoxy) is 1. The number of hydrogen-bond donors (Lipinski definition) is 3. The van der Waals surface area contributed by atoms with Gasteiger partial charge in [0.15, 0.2) is 11.6 Å². The van der Waals surface area contributed by atoms with Crippen molar-refractivity contribution in [2.75, 3.05) is 12.0 Å². The van der Waals surface area contributed by atoms with Gasteiger partial charge in [0.1, 0.15) is 0 Å². The summed E-state index contributed by atoms with van der Waals surface area (Å²) >= 11 is 0. The van der Waals surface area contributed by atoms with E-state index >= 15 is 0 Å². The highest BCUT2D eigenvalue weighted by atomic mass is 19.1. The number of halogens is 1. The van der Waals surface area contributed by atoms with Crippen molar-refractivity contribution in [2.24, 2.45) is 5.73 Å². The Morgan fingerprint density at radius 1 is 1.26 bits per heavy atom. The molecule has 23 heavy (non-hydrogen) atoms. The molecule has 7 heteroatoms. The van der Waals surface area contributed by atoms with Crippen LogP contribution in [0.15, 0.2) is 48.5 Å². The summed E-state index contributed by atoms with van der Waals surface area (Å²) in [5.41, 5.74) is 11.0. The van der Waals surface area contributed by atoms with Gasteiger partial charge in [0.2, 0.25) is 0 Å². The zero-order valence-corrected chi connectivity index (χ0v) is 12.5. The van der Waals surface area contributed by atoms with Crippen molar-refractivity contribution >= 4 is 11.8 Å². The van der Waals surface area contributed by atoms with E-state index in [0.717, 1.165) is 0 Å². The smallest absolute Gasteiger partial charge is 0.407 e. The Kier molecular flexibility index (Phi) is 7.61. The van der Waals surface area contributed by atoms with Gasteiger partial charge in [-0.15, -0.1) is 0 Å². The number of nitrogens with zero attached hydrogens (tertiary/aromatic N) is 1. The molecule has 0 aromatic heterocycles. The van der Waals surface area contributed by atoms with Crippen molar-refractivity contribution in [3.05, 3.63) is 59.9 Å². The van der Waals surface area contributed by atoms with Crippen molar-refractivity contribution in [2.45, 2.75) is 6.92 Å². The van der Waals surface area contributed by atoms with Gasteiger partial charge in [0.05, 0.1) is 17.3 Å². The molecule has 0 heterocycles. The molecule has 2 rings (SSSR count). The second-order valence-electron chi connectivity index (χ2n) is 4.17. The number of nitrogens with one attached hydrogen (secondary N) is 2. The average Bonchev–Trinajstić information content (AvgIpc) is 2.56. The lowest BCUT2D eigenvalue weighted by Crippen LogP contribution is -2.22. The molecule has 0 fully saturated rings. The van der Waals surface area contributed by atoms with Gasteiger partial charge in [0.25, 0.3) is 0 Å². The van der Waals surface area contributed by atoms with Crippen LogP contribution in [-0.4, -0.2) is 12.6 Å². The second-order valence-corrected chi connectivity index (χ2v) is 4.17. The van der Waals surface area contributed by atoms with Crippen LogP contribution in [0.1, 0.15) is 12.5 Å². The summed E-state index contributed by atoms with van der Waals surface area (Å²) in [5, 5.41) is 8.29. The molecule has 6 nitrogen and oxygen atoms in total. The van der Waals surface area contributed by atoms with E-state index in [-0.39, 0.29) is 11.4 Å². The highest BCUT2D eigenvalue weighted by Gasteiger charge is 2.10. The molecular weight excluding hydrogens is 299 g/mol. The van der Waals surface area contributed by atoms with E-state index < -0.39 is 11.9 Å². The fraction of sp³-hybridized carbons (Fsp3) is 0.125.